The lowest BCUT2D eigenvalue weighted by atomic mass is 10.1. The van der Waals surface area contributed by atoms with Crippen molar-refractivity contribution in [1.82, 2.24) is 10.2 Å². The van der Waals surface area contributed by atoms with Crippen molar-refractivity contribution in [3.63, 3.8) is 0 Å². The van der Waals surface area contributed by atoms with Gasteiger partial charge in [0.2, 0.25) is 0 Å². The maximum absolute atomic E-state index is 12.1. The van der Waals surface area contributed by atoms with Crippen LogP contribution in [0.15, 0.2) is 50.9 Å². The fraction of sp³-hybridized carbons (Fsp3) is 0.292. The molecule has 2 aromatic carbocycles. The summed E-state index contributed by atoms with van der Waals surface area (Å²) < 4.78 is 11.0. The van der Waals surface area contributed by atoms with Crippen LogP contribution in [0.2, 0.25) is 5.02 Å². The lowest BCUT2D eigenvalue weighted by molar-refractivity contribution is -0.384. The Morgan fingerprint density at radius 1 is 1.19 bits per heavy atom. The number of aromatic nitrogens is 2. The maximum atomic E-state index is 12.1. The topological polar surface area (TPSA) is 132 Å². The van der Waals surface area contributed by atoms with Gasteiger partial charge in [-0.1, -0.05) is 24.4 Å². The lowest BCUT2D eigenvalue weighted by Crippen LogP contribution is -2.24. The van der Waals surface area contributed by atoms with Crippen LogP contribution in [0, 0.1) is 10.1 Å². The van der Waals surface area contributed by atoms with Crippen LogP contribution in [0.3, 0.4) is 0 Å². The number of anilines is 1. The molecule has 0 bridgehead atoms. The molecule has 1 N–H and O–H groups in total. The van der Waals surface area contributed by atoms with Gasteiger partial charge in [-0.15, -0.1) is 10.2 Å². The van der Waals surface area contributed by atoms with Crippen molar-refractivity contribution in [2.75, 3.05) is 25.1 Å². The Labute approximate surface area is 216 Å². The molecule has 1 aliphatic rings. The first-order valence-corrected chi connectivity index (χ1v) is 12.4. The van der Waals surface area contributed by atoms with E-state index in [0.29, 0.717) is 21.9 Å². The molecule has 10 nitrogen and oxygen atoms in total. The minimum absolute atomic E-state index is 0.0116. The minimum atomic E-state index is -1.23. The van der Waals surface area contributed by atoms with Crippen molar-refractivity contribution in [2.24, 2.45) is 0 Å². The van der Waals surface area contributed by atoms with E-state index in [2.05, 4.69) is 15.1 Å². The summed E-state index contributed by atoms with van der Waals surface area (Å²) in [6.45, 7) is 1.59. The van der Waals surface area contributed by atoms with Gasteiger partial charge in [-0.25, -0.2) is 4.79 Å². The maximum Gasteiger partial charge on any atom is 0.342 e. The van der Waals surface area contributed by atoms with E-state index in [9.17, 15) is 20.0 Å². The number of rotatable bonds is 8. The number of nitro benzene ring substituents is 1. The third-order valence-corrected chi connectivity index (χ3v) is 6.75. The summed E-state index contributed by atoms with van der Waals surface area (Å²) in [5.74, 6) is -0.650. The molecule has 1 fully saturated rings. The molecule has 12 heteroatoms. The van der Waals surface area contributed by atoms with E-state index in [1.165, 1.54) is 25.3 Å². The molecule has 0 spiro atoms. The van der Waals surface area contributed by atoms with Gasteiger partial charge in [-0.2, -0.15) is 0 Å². The first-order chi connectivity index (χ1) is 17.4. The molecule has 1 aromatic heterocycles. The summed E-state index contributed by atoms with van der Waals surface area (Å²) in [4.78, 5) is 25.1. The van der Waals surface area contributed by atoms with Gasteiger partial charge in [0.15, 0.2) is 0 Å². The number of aliphatic carboxylic acids is 1. The van der Waals surface area contributed by atoms with Gasteiger partial charge < -0.3 is 19.2 Å². The molecule has 188 valence electrons. The lowest BCUT2D eigenvalue weighted by Gasteiger charge is -2.24. The fourth-order valence-electron chi connectivity index (χ4n) is 3.95. The number of nitro groups is 1. The van der Waals surface area contributed by atoms with Gasteiger partial charge in [0.05, 0.1) is 17.6 Å². The third-order valence-electron chi connectivity index (χ3n) is 5.66. The van der Waals surface area contributed by atoms with Crippen molar-refractivity contribution in [3.8, 4) is 17.2 Å². The molecule has 0 atom stereocenters. The number of carboxylic acid groups (broad SMARTS) is 1. The van der Waals surface area contributed by atoms with E-state index in [1.807, 2.05) is 0 Å². The molecule has 1 aliphatic heterocycles. The number of thioether (sulfide) groups is 1. The normalized spacial score (nSPS) is 14.4. The highest BCUT2D eigenvalue weighted by molar-refractivity contribution is 8.03. The first-order valence-electron chi connectivity index (χ1n) is 11.2. The zero-order chi connectivity index (χ0) is 25.7. The number of carbonyl (C=O) groups is 1. The molecule has 0 aliphatic carbocycles. The quantitative estimate of drug-likeness (QED) is 0.162. The van der Waals surface area contributed by atoms with E-state index in [-0.39, 0.29) is 21.7 Å². The number of hydrogen-bond acceptors (Lipinski definition) is 9. The van der Waals surface area contributed by atoms with Gasteiger partial charge in [-0.3, -0.25) is 10.1 Å². The SMILES string of the molecule is COc1ccc(Cl)cc1-c1nnc(S/C(=C/c2cc([N+](=O)[O-])ccc2N2CCCCCC2)C(=O)O)o1. The molecule has 0 saturated carbocycles. The van der Waals surface area contributed by atoms with Crippen molar-refractivity contribution >= 4 is 46.8 Å². The smallest absolute Gasteiger partial charge is 0.342 e. The first kappa shape index (κ1) is 25.5. The predicted octanol–water partition coefficient (Wildman–Crippen LogP) is 5.91. The highest BCUT2D eigenvalue weighted by Crippen LogP contribution is 2.36. The molecule has 2 heterocycles. The van der Waals surface area contributed by atoms with Crippen LogP contribution in [0.5, 0.6) is 5.75 Å². The molecule has 4 rings (SSSR count). The summed E-state index contributed by atoms with van der Waals surface area (Å²) >= 11 is 6.84. The molecular weight excluding hydrogens is 508 g/mol. The molecule has 0 amide bonds. The second kappa shape index (κ2) is 11.4. The zero-order valence-corrected chi connectivity index (χ0v) is 20.9. The molecule has 3 aromatic rings. The highest BCUT2D eigenvalue weighted by atomic mass is 35.5. The van der Waals surface area contributed by atoms with Crippen molar-refractivity contribution in [3.05, 3.63) is 62.0 Å². The van der Waals surface area contributed by atoms with E-state index >= 15 is 0 Å². The minimum Gasteiger partial charge on any atom is -0.496 e. The van der Waals surface area contributed by atoms with Crippen molar-refractivity contribution < 1.29 is 24.0 Å². The Hall–Kier alpha value is -3.57. The average molecular weight is 531 g/mol. The third kappa shape index (κ3) is 5.97. The van der Waals surface area contributed by atoms with Crippen LogP contribution in [0.1, 0.15) is 31.2 Å². The summed E-state index contributed by atoms with van der Waals surface area (Å²) in [6.07, 6.45) is 5.63. The van der Waals surface area contributed by atoms with Gasteiger partial charge in [-0.05, 0) is 54.9 Å². The van der Waals surface area contributed by atoms with Crippen LogP contribution < -0.4 is 9.64 Å². The number of methoxy groups -OCH3 is 1. The summed E-state index contributed by atoms with van der Waals surface area (Å²) in [5, 5.41) is 29.7. The van der Waals surface area contributed by atoms with Crippen molar-refractivity contribution in [1.29, 1.82) is 0 Å². The number of benzene rings is 2. The zero-order valence-electron chi connectivity index (χ0n) is 19.3. The second-order valence-corrected chi connectivity index (χ2v) is 9.46. The summed E-state index contributed by atoms with van der Waals surface area (Å²) in [6, 6.07) is 9.42. The number of hydrogen-bond donors (Lipinski definition) is 1. The number of nitrogens with zero attached hydrogens (tertiary/aromatic N) is 4. The molecule has 1 saturated heterocycles. The largest absolute Gasteiger partial charge is 0.496 e. The molecule has 0 radical (unpaired) electrons. The number of non-ortho nitro benzene ring substituents is 1. The number of ether oxygens (including phenoxy) is 1. The van der Waals surface area contributed by atoms with Crippen LogP contribution in [0.4, 0.5) is 11.4 Å². The van der Waals surface area contributed by atoms with Gasteiger partial charge in [0, 0.05) is 41.5 Å². The Balaban J connectivity index is 1.69. The van der Waals surface area contributed by atoms with Crippen LogP contribution >= 0.6 is 23.4 Å². The fourth-order valence-corrected chi connectivity index (χ4v) is 4.78. The van der Waals surface area contributed by atoms with Crippen LogP contribution in [0.25, 0.3) is 17.5 Å². The summed E-state index contributed by atoms with van der Waals surface area (Å²) in [7, 11) is 1.49. The van der Waals surface area contributed by atoms with Crippen molar-refractivity contribution in [2.45, 2.75) is 30.9 Å². The molecule has 0 unspecified atom stereocenters. The Morgan fingerprint density at radius 2 is 1.94 bits per heavy atom. The Kier molecular flexibility index (Phi) is 8.11. The van der Waals surface area contributed by atoms with Gasteiger partial charge >= 0.3 is 5.97 Å². The van der Waals surface area contributed by atoms with E-state index in [0.717, 1.165) is 56.2 Å². The Bertz CT molecular complexity index is 1300. The van der Waals surface area contributed by atoms with Gasteiger partial charge in [0.1, 0.15) is 10.7 Å². The molecular formula is C24H23ClN4O6S. The predicted molar refractivity (Wildman–Crippen MR) is 137 cm³/mol. The van der Waals surface area contributed by atoms with E-state index in [4.69, 9.17) is 20.8 Å². The van der Waals surface area contributed by atoms with Crippen LogP contribution in [-0.2, 0) is 4.79 Å². The van der Waals surface area contributed by atoms with E-state index < -0.39 is 10.9 Å². The second-order valence-electron chi connectivity index (χ2n) is 8.04. The standard InChI is InChI=1S/C24H23ClN4O6S/c1-34-20-9-6-16(25)14-18(20)22-26-27-24(35-22)36-21(23(30)31)13-15-12-17(29(32)33)7-8-19(15)28-10-4-2-3-5-11-28/h6-9,12-14H,2-5,10-11H2,1H3,(H,30,31)/b21-13+. The number of halogens is 1. The number of carboxylic acids is 1. The Morgan fingerprint density at radius 3 is 2.61 bits per heavy atom. The van der Waals surface area contributed by atoms with Gasteiger partial charge in [0.25, 0.3) is 16.8 Å². The monoisotopic (exact) mass is 530 g/mol. The van der Waals surface area contributed by atoms with E-state index in [1.54, 1.807) is 24.3 Å². The van der Waals surface area contributed by atoms with Crippen LogP contribution in [-0.4, -0.2) is 46.4 Å². The molecule has 36 heavy (non-hydrogen) atoms. The summed E-state index contributed by atoms with van der Waals surface area (Å²) in [5.41, 5.74) is 1.53. The average Bonchev–Trinajstić information content (AvgIpc) is 3.15. The highest BCUT2D eigenvalue weighted by Gasteiger charge is 2.21.